The Hall–Kier alpha value is -4.33. The van der Waals surface area contributed by atoms with E-state index in [0.717, 1.165) is 6.07 Å². The minimum atomic E-state index is -0.903. The molecular weight excluding hydrogens is 413 g/mol. The molecule has 3 aromatic carbocycles. The number of nitrogens with two attached hydrogens (primary N) is 1. The molecule has 7 nitrogen and oxygen atoms in total. The van der Waals surface area contributed by atoms with Crippen molar-refractivity contribution in [3.05, 3.63) is 96.3 Å². The molecule has 0 aromatic heterocycles. The summed E-state index contributed by atoms with van der Waals surface area (Å²) >= 11 is 0. The average molecular weight is 435 g/mol. The van der Waals surface area contributed by atoms with Gasteiger partial charge in [-0.25, -0.2) is 9.18 Å². The lowest BCUT2D eigenvalue weighted by Gasteiger charge is -2.18. The number of para-hydroxylation sites is 3. The quantitative estimate of drug-likeness (QED) is 0.308. The van der Waals surface area contributed by atoms with Gasteiger partial charge in [-0.3, -0.25) is 10.1 Å². The lowest BCUT2D eigenvalue weighted by atomic mass is 10.1. The Morgan fingerprint density at radius 3 is 2.47 bits per heavy atom. The first kappa shape index (κ1) is 22.4. The van der Waals surface area contributed by atoms with Crippen LogP contribution in [0.5, 0.6) is 5.75 Å². The smallest absolute Gasteiger partial charge is 0.412 e. The standard InChI is InChI=1S/C24H22FN3O4/c25-18-15-16(13-14-21(18)29)22(32-24(31)27-17-7-2-1-3-8-17)11-6-12-23(30)28-20-10-5-4-9-19(20)26/h1-10,12-15,22,29H,11,26H2,(H,27,31)(H,28,30)/b12-6+/t22-/m1/s1. The van der Waals surface area contributed by atoms with Gasteiger partial charge in [-0.15, -0.1) is 0 Å². The number of halogens is 1. The largest absolute Gasteiger partial charge is 0.505 e. The Bertz CT molecular complexity index is 1120. The summed E-state index contributed by atoms with van der Waals surface area (Å²) in [6.07, 6.45) is 1.21. The van der Waals surface area contributed by atoms with Gasteiger partial charge in [-0.2, -0.15) is 0 Å². The second-order valence-electron chi connectivity index (χ2n) is 6.81. The van der Waals surface area contributed by atoms with Crippen molar-refractivity contribution in [2.45, 2.75) is 12.5 Å². The number of nitrogen functional groups attached to an aromatic ring is 1. The topological polar surface area (TPSA) is 114 Å². The molecule has 0 saturated heterocycles. The molecule has 3 aromatic rings. The molecule has 2 amide bonds. The van der Waals surface area contributed by atoms with Gasteiger partial charge in [0.25, 0.3) is 0 Å². The number of nitrogens with one attached hydrogen (secondary N) is 2. The van der Waals surface area contributed by atoms with E-state index >= 15 is 0 Å². The monoisotopic (exact) mass is 435 g/mol. The number of aromatic hydroxyl groups is 1. The van der Waals surface area contributed by atoms with Crippen molar-refractivity contribution in [1.29, 1.82) is 0 Å². The summed E-state index contributed by atoms with van der Waals surface area (Å²) < 4.78 is 19.3. The number of ether oxygens (including phenoxy) is 1. The summed E-state index contributed by atoms with van der Waals surface area (Å²) in [5.74, 6) is -1.79. The van der Waals surface area contributed by atoms with Crippen molar-refractivity contribution < 1.29 is 23.8 Å². The highest BCUT2D eigenvalue weighted by Crippen LogP contribution is 2.27. The first-order valence-corrected chi connectivity index (χ1v) is 9.75. The molecule has 0 saturated carbocycles. The van der Waals surface area contributed by atoms with Crippen LogP contribution in [-0.4, -0.2) is 17.1 Å². The maximum Gasteiger partial charge on any atom is 0.412 e. The number of hydrogen-bond acceptors (Lipinski definition) is 5. The van der Waals surface area contributed by atoms with Crippen LogP contribution >= 0.6 is 0 Å². The lowest BCUT2D eigenvalue weighted by molar-refractivity contribution is -0.111. The Balaban J connectivity index is 1.69. The Kier molecular flexibility index (Phi) is 7.42. The third-order valence-corrected chi connectivity index (χ3v) is 4.45. The van der Waals surface area contributed by atoms with E-state index in [1.807, 2.05) is 0 Å². The molecule has 0 radical (unpaired) electrons. The number of benzene rings is 3. The van der Waals surface area contributed by atoms with Crippen LogP contribution in [0.1, 0.15) is 18.1 Å². The Labute approximate surface area is 184 Å². The number of phenols is 1. The van der Waals surface area contributed by atoms with E-state index in [0.29, 0.717) is 22.6 Å². The Morgan fingerprint density at radius 1 is 1.03 bits per heavy atom. The number of anilines is 3. The van der Waals surface area contributed by atoms with Crippen molar-refractivity contribution in [2.24, 2.45) is 0 Å². The van der Waals surface area contributed by atoms with E-state index in [1.54, 1.807) is 54.6 Å². The van der Waals surface area contributed by atoms with Crippen molar-refractivity contribution in [3.63, 3.8) is 0 Å². The minimum Gasteiger partial charge on any atom is -0.505 e. The van der Waals surface area contributed by atoms with Gasteiger partial charge >= 0.3 is 6.09 Å². The van der Waals surface area contributed by atoms with Gasteiger partial charge in [-0.05, 0) is 48.0 Å². The summed E-state index contributed by atoms with van der Waals surface area (Å²) in [5, 5.41) is 14.7. The van der Waals surface area contributed by atoms with Gasteiger partial charge < -0.3 is 20.9 Å². The van der Waals surface area contributed by atoms with E-state index in [1.165, 1.54) is 24.3 Å². The number of phenolic OH excluding ortho intramolecular Hbond substituents is 1. The van der Waals surface area contributed by atoms with Crippen LogP contribution in [0.15, 0.2) is 84.9 Å². The van der Waals surface area contributed by atoms with Crippen molar-refractivity contribution in [2.75, 3.05) is 16.4 Å². The van der Waals surface area contributed by atoms with Crippen molar-refractivity contribution in [1.82, 2.24) is 0 Å². The summed E-state index contributed by atoms with van der Waals surface area (Å²) in [7, 11) is 0. The zero-order chi connectivity index (χ0) is 22.9. The molecule has 0 aliphatic rings. The first-order chi connectivity index (χ1) is 15.4. The molecule has 8 heteroatoms. The predicted octanol–water partition coefficient (Wildman–Crippen LogP) is 4.99. The zero-order valence-corrected chi connectivity index (χ0v) is 17.0. The van der Waals surface area contributed by atoms with Crippen molar-refractivity contribution >= 4 is 29.1 Å². The first-order valence-electron chi connectivity index (χ1n) is 9.75. The minimum absolute atomic E-state index is 0.0874. The van der Waals surface area contributed by atoms with Crippen LogP contribution in [-0.2, 0) is 9.53 Å². The predicted molar refractivity (Wildman–Crippen MR) is 121 cm³/mol. The van der Waals surface area contributed by atoms with Gasteiger partial charge in [0.15, 0.2) is 11.6 Å². The number of carbonyl (C=O) groups excluding carboxylic acids is 2. The highest BCUT2D eigenvalue weighted by atomic mass is 19.1. The van der Waals surface area contributed by atoms with E-state index < -0.39 is 29.7 Å². The van der Waals surface area contributed by atoms with E-state index in [2.05, 4.69) is 10.6 Å². The fraction of sp³-hybridized carbons (Fsp3) is 0.0833. The number of rotatable bonds is 7. The SMILES string of the molecule is Nc1ccccc1NC(=O)/C=C/C[C@@H](OC(=O)Nc1ccccc1)c1ccc(O)c(F)c1. The van der Waals surface area contributed by atoms with Gasteiger partial charge in [-0.1, -0.05) is 42.5 Å². The molecule has 0 aliphatic carbocycles. The van der Waals surface area contributed by atoms with Crippen LogP contribution < -0.4 is 16.4 Å². The van der Waals surface area contributed by atoms with Crippen LogP contribution in [0.25, 0.3) is 0 Å². The maximum absolute atomic E-state index is 13.9. The highest BCUT2D eigenvalue weighted by Gasteiger charge is 2.18. The van der Waals surface area contributed by atoms with Gasteiger partial charge in [0.05, 0.1) is 11.4 Å². The molecule has 0 heterocycles. The van der Waals surface area contributed by atoms with Crippen LogP contribution in [0.4, 0.5) is 26.2 Å². The molecule has 0 unspecified atom stereocenters. The van der Waals surface area contributed by atoms with E-state index in [4.69, 9.17) is 10.5 Å². The molecule has 3 rings (SSSR count). The summed E-state index contributed by atoms with van der Waals surface area (Å²) in [5.41, 5.74) is 7.55. The molecule has 1 atom stereocenters. The second kappa shape index (κ2) is 10.6. The molecule has 5 N–H and O–H groups in total. The molecule has 32 heavy (non-hydrogen) atoms. The number of amides is 2. The van der Waals surface area contributed by atoms with E-state index in [-0.39, 0.29) is 6.42 Å². The average Bonchev–Trinajstić information content (AvgIpc) is 2.77. The summed E-state index contributed by atoms with van der Waals surface area (Å²) in [4.78, 5) is 24.5. The lowest BCUT2D eigenvalue weighted by Crippen LogP contribution is -2.17. The Morgan fingerprint density at radius 2 is 1.75 bits per heavy atom. The van der Waals surface area contributed by atoms with Gasteiger partial charge in [0.2, 0.25) is 5.91 Å². The molecule has 0 aliphatic heterocycles. The third-order valence-electron chi connectivity index (χ3n) is 4.45. The number of hydrogen-bond donors (Lipinski definition) is 4. The van der Waals surface area contributed by atoms with Gasteiger partial charge in [0.1, 0.15) is 6.10 Å². The summed E-state index contributed by atoms with van der Waals surface area (Å²) in [6.45, 7) is 0. The molecule has 0 spiro atoms. The van der Waals surface area contributed by atoms with E-state index in [9.17, 15) is 19.1 Å². The van der Waals surface area contributed by atoms with Crippen LogP contribution in [0, 0.1) is 5.82 Å². The molecular formula is C24H22FN3O4. The second-order valence-corrected chi connectivity index (χ2v) is 6.81. The molecule has 164 valence electrons. The number of carbonyl (C=O) groups is 2. The highest BCUT2D eigenvalue weighted by molar-refractivity contribution is 6.01. The van der Waals surface area contributed by atoms with Crippen molar-refractivity contribution in [3.8, 4) is 5.75 Å². The normalized spacial score (nSPS) is 11.7. The summed E-state index contributed by atoms with van der Waals surface area (Å²) in [6, 6.07) is 19.2. The zero-order valence-electron chi connectivity index (χ0n) is 17.0. The third kappa shape index (κ3) is 6.33. The maximum atomic E-state index is 13.9. The fourth-order valence-corrected chi connectivity index (χ4v) is 2.86. The fourth-order valence-electron chi connectivity index (χ4n) is 2.86. The molecule has 0 bridgehead atoms. The van der Waals surface area contributed by atoms with Crippen LogP contribution in [0.2, 0.25) is 0 Å². The van der Waals surface area contributed by atoms with Crippen LogP contribution in [0.3, 0.4) is 0 Å². The van der Waals surface area contributed by atoms with Gasteiger partial charge in [0, 0.05) is 12.1 Å². The molecule has 0 fully saturated rings.